The van der Waals surface area contributed by atoms with E-state index in [0.717, 1.165) is 33.4 Å². The Morgan fingerprint density at radius 1 is 0.412 bits per heavy atom. The van der Waals surface area contributed by atoms with Crippen LogP contribution in [0, 0.1) is 0 Å². The van der Waals surface area contributed by atoms with Crippen molar-refractivity contribution in [3.05, 3.63) is 130 Å². The predicted octanol–water partition coefficient (Wildman–Crippen LogP) is 7.09. The Kier molecular flexibility index (Phi) is 6.80. The van der Waals surface area contributed by atoms with E-state index >= 15 is 0 Å². The van der Waals surface area contributed by atoms with E-state index in [1.807, 2.05) is 48.6 Å². The first-order valence-corrected chi connectivity index (χ1v) is 10.7. The SMILES string of the molecule is O=C(O)c1ccc(C=Cc2ccc(-c3ccc(C=Cc4ccc(C(=O)O)cc4)cc3)cc2)cc1. The molecule has 4 rings (SSSR count). The van der Waals surface area contributed by atoms with Crippen molar-refractivity contribution in [1.29, 1.82) is 0 Å². The van der Waals surface area contributed by atoms with Gasteiger partial charge in [-0.05, 0) is 57.6 Å². The average Bonchev–Trinajstić information content (AvgIpc) is 2.87. The minimum Gasteiger partial charge on any atom is -0.478 e. The van der Waals surface area contributed by atoms with Crippen molar-refractivity contribution in [2.45, 2.75) is 0 Å². The summed E-state index contributed by atoms with van der Waals surface area (Å²) in [5, 5.41) is 18.0. The third-order valence-electron chi connectivity index (χ3n) is 5.41. The minimum absolute atomic E-state index is 0.275. The van der Waals surface area contributed by atoms with Crippen molar-refractivity contribution in [2.24, 2.45) is 0 Å². The van der Waals surface area contributed by atoms with E-state index in [9.17, 15) is 9.59 Å². The zero-order chi connectivity index (χ0) is 23.9. The average molecular weight is 447 g/mol. The summed E-state index contributed by atoms with van der Waals surface area (Å²) >= 11 is 0. The van der Waals surface area contributed by atoms with E-state index in [-0.39, 0.29) is 11.1 Å². The number of carbonyl (C=O) groups is 2. The highest BCUT2D eigenvalue weighted by atomic mass is 16.4. The lowest BCUT2D eigenvalue weighted by atomic mass is 10.0. The number of benzene rings is 4. The van der Waals surface area contributed by atoms with Gasteiger partial charge >= 0.3 is 11.9 Å². The Bertz CT molecular complexity index is 1230. The van der Waals surface area contributed by atoms with E-state index in [1.165, 1.54) is 0 Å². The molecule has 0 amide bonds. The third kappa shape index (κ3) is 5.75. The summed E-state index contributed by atoms with van der Waals surface area (Å²) in [6.45, 7) is 0. The van der Waals surface area contributed by atoms with Crippen molar-refractivity contribution in [2.75, 3.05) is 0 Å². The molecule has 4 aromatic rings. The first kappa shape index (κ1) is 22.5. The molecule has 0 heterocycles. The summed E-state index contributed by atoms with van der Waals surface area (Å²) in [7, 11) is 0. The summed E-state index contributed by atoms with van der Waals surface area (Å²) in [5.74, 6) is -1.86. The van der Waals surface area contributed by atoms with Crippen LogP contribution in [0.1, 0.15) is 43.0 Å². The van der Waals surface area contributed by atoms with Gasteiger partial charge in [-0.1, -0.05) is 97.1 Å². The van der Waals surface area contributed by atoms with E-state index in [4.69, 9.17) is 10.2 Å². The van der Waals surface area contributed by atoms with Crippen molar-refractivity contribution in [3.8, 4) is 11.1 Å². The second-order valence-electron chi connectivity index (χ2n) is 7.77. The van der Waals surface area contributed by atoms with Gasteiger partial charge in [-0.15, -0.1) is 0 Å². The zero-order valence-corrected chi connectivity index (χ0v) is 18.3. The van der Waals surface area contributed by atoms with E-state index in [1.54, 1.807) is 48.5 Å². The lowest BCUT2D eigenvalue weighted by molar-refractivity contribution is 0.0686. The molecule has 0 spiro atoms. The van der Waals surface area contributed by atoms with Gasteiger partial charge in [0, 0.05) is 0 Å². The summed E-state index contributed by atoms with van der Waals surface area (Å²) in [6.07, 6.45) is 7.90. The maximum Gasteiger partial charge on any atom is 0.335 e. The fraction of sp³-hybridized carbons (Fsp3) is 0. The quantitative estimate of drug-likeness (QED) is 0.297. The number of carboxylic acids is 2. The smallest absolute Gasteiger partial charge is 0.335 e. The molecule has 0 atom stereocenters. The Morgan fingerprint density at radius 2 is 0.647 bits per heavy atom. The molecule has 4 heteroatoms. The molecule has 0 unspecified atom stereocenters. The number of aromatic carboxylic acids is 2. The monoisotopic (exact) mass is 446 g/mol. The van der Waals surface area contributed by atoms with Crippen LogP contribution in [0.15, 0.2) is 97.1 Å². The van der Waals surface area contributed by atoms with Gasteiger partial charge in [-0.3, -0.25) is 0 Å². The van der Waals surface area contributed by atoms with Gasteiger partial charge in [-0.2, -0.15) is 0 Å². The van der Waals surface area contributed by atoms with Crippen LogP contribution in [0.3, 0.4) is 0 Å². The summed E-state index contributed by atoms with van der Waals surface area (Å²) in [6, 6.07) is 30.0. The third-order valence-corrected chi connectivity index (χ3v) is 5.41. The van der Waals surface area contributed by atoms with Crippen LogP contribution in [0.4, 0.5) is 0 Å². The van der Waals surface area contributed by atoms with Gasteiger partial charge in [0.25, 0.3) is 0 Å². The van der Waals surface area contributed by atoms with Gasteiger partial charge in [0.15, 0.2) is 0 Å². The lowest BCUT2D eigenvalue weighted by Crippen LogP contribution is -1.94. The Labute approximate surface area is 197 Å². The highest BCUT2D eigenvalue weighted by Gasteiger charge is 2.02. The van der Waals surface area contributed by atoms with E-state index in [0.29, 0.717) is 0 Å². The number of hydrogen-bond acceptors (Lipinski definition) is 2. The Balaban J connectivity index is 1.39. The van der Waals surface area contributed by atoms with Crippen LogP contribution in [0.25, 0.3) is 35.4 Å². The maximum atomic E-state index is 10.9. The predicted molar refractivity (Wildman–Crippen MR) is 137 cm³/mol. The van der Waals surface area contributed by atoms with Gasteiger partial charge in [-0.25, -0.2) is 9.59 Å². The van der Waals surface area contributed by atoms with Gasteiger partial charge in [0.2, 0.25) is 0 Å². The van der Waals surface area contributed by atoms with Gasteiger partial charge in [0.1, 0.15) is 0 Å². The molecule has 0 saturated carbocycles. The molecule has 0 bridgehead atoms. The molecule has 166 valence electrons. The first-order chi connectivity index (χ1) is 16.5. The summed E-state index contributed by atoms with van der Waals surface area (Å²) in [5.41, 5.74) is 6.77. The second kappa shape index (κ2) is 10.3. The first-order valence-electron chi connectivity index (χ1n) is 10.7. The highest BCUT2D eigenvalue weighted by Crippen LogP contribution is 2.22. The number of hydrogen-bond donors (Lipinski definition) is 2. The number of carboxylic acid groups (broad SMARTS) is 2. The fourth-order valence-corrected chi connectivity index (χ4v) is 3.43. The number of rotatable bonds is 7. The van der Waals surface area contributed by atoms with Gasteiger partial charge in [0.05, 0.1) is 11.1 Å². The van der Waals surface area contributed by atoms with Crippen molar-refractivity contribution in [3.63, 3.8) is 0 Å². The Morgan fingerprint density at radius 3 is 0.882 bits per heavy atom. The van der Waals surface area contributed by atoms with Crippen LogP contribution >= 0.6 is 0 Å². The van der Waals surface area contributed by atoms with E-state index in [2.05, 4.69) is 24.3 Å². The summed E-state index contributed by atoms with van der Waals surface area (Å²) < 4.78 is 0. The van der Waals surface area contributed by atoms with Gasteiger partial charge < -0.3 is 10.2 Å². The standard InChI is InChI=1S/C30H22O4/c31-29(32)27-17-9-23(10-18-27)3-1-21-5-13-25(14-6-21)26-15-7-22(8-16-26)2-4-24-11-19-28(20-12-24)30(33)34/h1-20H,(H,31,32)(H,33,34). The van der Waals surface area contributed by atoms with Crippen LogP contribution in [0.5, 0.6) is 0 Å². The maximum absolute atomic E-state index is 10.9. The molecule has 0 aliphatic rings. The molecule has 0 radical (unpaired) electrons. The van der Waals surface area contributed by atoms with Crippen LogP contribution in [0.2, 0.25) is 0 Å². The van der Waals surface area contributed by atoms with Crippen molar-refractivity contribution >= 4 is 36.2 Å². The van der Waals surface area contributed by atoms with Crippen LogP contribution in [-0.4, -0.2) is 22.2 Å². The minimum atomic E-state index is -0.928. The molecular formula is C30H22O4. The topological polar surface area (TPSA) is 74.6 Å². The molecule has 0 fully saturated rings. The van der Waals surface area contributed by atoms with E-state index < -0.39 is 11.9 Å². The molecule has 0 saturated heterocycles. The largest absolute Gasteiger partial charge is 0.478 e. The lowest BCUT2D eigenvalue weighted by Gasteiger charge is -2.04. The second-order valence-corrected chi connectivity index (χ2v) is 7.77. The summed E-state index contributed by atoms with van der Waals surface area (Å²) in [4.78, 5) is 21.9. The molecule has 0 aromatic heterocycles. The zero-order valence-electron chi connectivity index (χ0n) is 18.3. The Hall–Kier alpha value is -4.70. The van der Waals surface area contributed by atoms with Crippen molar-refractivity contribution < 1.29 is 19.8 Å². The molecule has 34 heavy (non-hydrogen) atoms. The molecule has 0 aliphatic carbocycles. The molecule has 4 nitrogen and oxygen atoms in total. The molecular weight excluding hydrogens is 424 g/mol. The molecule has 0 aliphatic heterocycles. The fourth-order valence-electron chi connectivity index (χ4n) is 3.43. The molecule has 2 N–H and O–H groups in total. The highest BCUT2D eigenvalue weighted by molar-refractivity contribution is 5.88. The molecule has 4 aromatic carbocycles. The van der Waals surface area contributed by atoms with Crippen LogP contribution in [-0.2, 0) is 0 Å². The normalized spacial score (nSPS) is 11.2. The van der Waals surface area contributed by atoms with Crippen LogP contribution < -0.4 is 0 Å². The van der Waals surface area contributed by atoms with Crippen molar-refractivity contribution in [1.82, 2.24) is 0 Å².